The smallest absolute Gasteiger partial charge is 0.230 e. The zero-order chi connectivity index (χ0) is 17.6. The van der Waals surface area contributed by atoms with Crippen LogP contribution in [0.1, 0.15) is 30.0 Å². The molecule has 0 spiro atoms. The number of rotatable bonds is 4. The number of piperidine rings is 1. The average molecular weight is 356 g/mol. The van der Waals surface area contributed by atoms with Crippen molar-refractivity contribution < 1.29 is 4.79 Å². The van der Waals surface area contributed by atoms with Crippen LogP contribution in [0.5, 0.6) is 0 Å². The minimum absolute atomic E-state index is 0.147. The van der Waals surface area contributed by atoms with Gasteiger partial charge >= 0.3 is 0 Å². The molecule has 1 saturated heterocycles. The molecule has 6 nitrogen and oxygen atoms in total. The Morgan fingerprint density at radius 2 is 2.04 bits per heavy atom. The summed E-state index contributed by atoms with van der Waals surface area (Å²) in [5, 5.41) is 12.2. The maximum atomic E-state index is 12.1. The minimum Gasteiger partial charge on any atom is -0.311 e. The fourth-order valence-corrected chi connectivity index (χ4v) is 2.99. The number of aromatic nitrogens is 2. The first kappa shape index (κ1) is 17.2. The molecule has 0 saturated carbocycles. The van der Waals surface area contributed by atoms with Crippen LogP contribution < -0.4 is 5.32 Å². The number of pyridine rings is 2. The summed E-state index contributed by atoms with van der Waals surface area (Å²) >= 11 is 5.77. The molecule has 1 aliphatic rings. The predicted molar refractivity (Wildman–Crippen MR) is 95.0 cm³/mol. The van der Waals surface area contributed by atoms with Gasteiger partial charge in [-0.1, -0.05) is 17.7 Å². The van der Waals surface area contributed by atoms with Gasteiger partial charge in [-0.15, -0.1) is 0 Å². The van der Waals surface area contributed by atoms with Gasteiger partial charge in [-0.25, -0.2) is 4.98 Å². The Bertz CT molecular complexity index is 762. The van der Waals surface area contributed by atoms with Crippen LogP contribution in [0, 0.1) is 11.5 Å². The lowest BCUT2D eigenvalue weighted by Crippen LogP contribution is -2.29. The van der Waals surface area contributed by atoms with E-state index in [4.69, 9.17) is 16.9 Å². The van der Waals surface area contributed by atoms with Gasteiger partial charge in [0.1, 0.15) is 5.82 Å². The van der Waals surface area contributed by atoms with Crippen LogP contribution in [0.15, 0.2) is 36.7 Å². The van der Waals surface area contributed by atoms with Gasteiger partial charge in [0.25, 0.3) is 0 Å². The summed E-state index contributed by atoms with van der Waals surface area (Å²) in [7, 11) is 0. The fraction of sp³-hybridized carbons (Fsp3) is 0.333. The molecule has 1 N–H and O–H groups in total. The number of carbonyl (C=O) groups is 1. The van der Waals surface area contributed by atoms with Gasteiger partial charge in [-0.3, -0.25) is 9.78 Å². The van der Waals surface area contributed by atoms with Crippen molar-refractivity contribution >= 4 is 23.3 Å². The summed E-state index contributed by atoms with van der Waals surface area (Å²) in [4.78, 5) is 22.4. The van der Waals surface area contributed by atoms with Gasteiger partial charge < -0.3 is 10.2 Å². The highest BCUT2D eigenvalue weighted by Crippen LogP contribution is 2.26. The van der Waals surface area contributed by atoms with Crippen molar-refractivity contribution in [3.05, 3.63) is 52.9 Å². The third kappa shape index (κ3) is 4.68. The molecule has 128 valence electrons. The first-order chi connectivity index (χ1) is 12.1. The Kier molecular flexibility index (Phi) is 5.46. The van der Waals surface area contributed by atoms with Crippen LogP contribution in [0.3, 0.4) is 0 Å². The summed E-state index contributed by atoms with van der Waals surface area (Å²) in [6, 6.07) is 7.26. The average Bonchev–Trinajstić information content (AvgIpc) is 2.64. The van der Waals surface area contributed by atoms with E-state index < -0.39 is 0 Å². The topological polar surface area (TPSA) is 81.9 Å². The minimum atomic E-state index is -0.147. The SMILES string of the molecule is N#CN1CCC(c2ccc(CC(=O)Nc3ccc(Cl)cn3)cn2)CC1. The van der Waals surface area contributed by atoms with E-state index in [-0.39, 0.29) is 12.3 Å². The van der Waals surface area contributed by atoms with E-state index in [0.717, 1.165) is 37.2 Å². The highest BCUT2D eigenvalue weighted by molar-refractivity contribution is 6.30. The highest BCUT2D eigenvalue weighted by Gasteiger charge is 2.20. The molecule has 0 radical (unpaired) electrons. The van der Waals surface area contributed by atoms with E-state index in [0.29, 0.717) is 16.8 Å². The van der Waals surface area contributed by atoms with Crippen molar-refractivity contribution in [3.8, 4) is 6.19 Å². The molecule has 0 aromatic carbocycles. The Morgan fingerprint density at radius 1 is 1.24 bits per heavy atom. The molecule has 0 aliphatic carbocycles. The quantitative estimate of drug-likeness (QED) is 0.852. The van der Waals surface area contributed by atoms with Crippen LogP contribution in [0.4, 0.5) is 5.82 Å². The van der Waals surface area contributed by atoms with Gasteiger partial charge in [-0.05, 0) is 36.6 Å². The number of carbonyl (C=O) groups excluding carboxylic acids is 1. The molecule has 25 heavy (non-hydrogen) atoms. The number of nitrogens with zero attached hydrogens (tertiary/aromatic N) is 4. The standard InChI is InChI=1S/C18H18ClN5O/c19-15-2-4-17(22-11-15)23-18(25)9-13-1-3-16(21-10-13)14-5-7-24(12-20)8-6-14/h1-4,10-11,14H,5-9H2,(H,22,23,25). The molecule has 0 bridgehead atoms. The molecule has 7 heteroatoms. The van der Waals surface area contributed by atoms with Gasteiger partial charge in [0, 0.05) is 37.1 Å². The monoisotopic (exact) mass is 355 g/mol. The molecular weight excluding hydrogens is 338 g/mol. The van der Waals surface area contributed by atoms with Crippen LogP contribution >= 0.6 is 11.6 Å². The van der Waals surface area contributed by atoms with E-state index >= 15 is 0 Å². The maximum absolute atomic E-state index is 12.1. The number of hydrogen-bond acceptors (Lipinski definition) is 5. The van der Waals surface area contributed by atoms with Crippen molar-refractivity contribution in [1.82, 2.24) is 14.9 Å². The van der Waals surface area contributed by atoms with Gasteiger partial charge in [0.05, 0.1) is 11.4 Å². The summed E-state index contributed by atoms with van der Waals surface area (Å²) in [6.45, 7) is 1.56. The second kappa shape index (κ2) is 7.95. The molecule has 3 heterocycles. The van der Waals surface area contributed by atoms with E-state index in [2.05, 4.69) is 21.5 Å². The number of anilines is 1. The number of nitriles is 1. The number of hydrogen-bond donors (Lipinski definition) is 1. The molecule has 1 fully saturated rings. The second-order valence-electron chi connectivity index (χ2n) is 6.04. The fourth-order valence-electron chi connectivity index (χ4n) is 2.88. The van der Waals surface area contributed by atoms with Gasteiger partial charge in [-0.2, -0.15) is 5.26 Å². The van der Waals surface area contributed by atoms with Crippen LogP contribution in [-0.4, -0.2) is 33.9 Å². The van der Waals surface area contributed by atoms with Crippen LogP contribution in [0.25, 0.3) is 0 Å². The lowest BCUT2D eigenvalue weighted by atomic mass is 9.93. The third-order valence-corrected chi connectivity index (χ3v) is 4.49. The van der Waals surface area contributed by atoms with Crippen molar-refractivity contribution in [2.45, 2.75) is 25.2 Å². The van der Waals surface area contributed by atoms with E-state index in [1.54, 1.807) is 23.2 Å². The molecular formula is C18H18ClN5O. The third-order valence-electron chi connectivity index (χ3n) is 4.26. The number of nitrogens with one attached hydrogen (secondary N) is 1. The highest BCUT2D eigenvalue weighted by atomic mass is 35.5. The van der Waals surface area contributed by atoms with Gasteiger partial charge in [0.15, 0.2) is 6.19 Å². The summed E-state index contributed by atoms with van der Waals surface area (Å²) in [6.07, 6.45) is 7.53. The first-order valence-electron chi connectivity index (χ1n) is 8.15. The van der Waals surface area contributed by atoms with Crippen molar-refractivity contribution in [3.63, 3.8) is 0 Å². The first-order valence-corrected chi connectivity index (χ1v) is 8.53. The molecule has 2 aromatic heterocycles. The largest absolute Gasteiger partial charge is 0.311 e. The molecule has 2 aromatic rings. The maximum Gasteiger partial charge on any atom is 0.230 e. The normalized spacial score (nSPS) is 14.8. The Hall–Kier alpha value is -2.65. The zero-order valence-electron chi connectivity index (χ0n) is 13.7. The van der Waals surface area contributed by atoms with E-state index in [1.807, 2.05) is 12.1 Å². The van der Waals surface area contributed by atoms with Crippen molar-refractivity contribution in [1.29, 1.82) is 5.26 Å². The zero-order valence-corrected chi connectivity index (χ0v) is 14.4. The van der Waals surface area contributed by atoms with Crippen LogP contribution in [-0.2, 0) is 11.2 Å². The molecule has 0 unspecified atom stereocenters. The van der Waals surface area contributed by atoms with E-state index in [1.165, 1.54) is 6.20 Å². The van der Waals surface area contributed by atoms with E-state index in [9.17, 15) is 4.79 Å². The molecule has 1 aliphatic heterocycles. The van der Waals surface area contributed by atoms with Crippen LogP contribution in [0.2, 0.25) is 5.02 Å². The summed E-state index contributed by atoms with van der Waals surface area (Å²) in [5.74, 6) is 0.709. The molecule has 1 amide bonds. The van der Waals surface area contributed by atoms with Gasteiger partial charge in [0.2, 0.25) is 5.91 Å². The van der Waals surface area contributed by atoms with Crippen molar-refractivity contribution in [2.24, 2.45) is 0 Å². The number of halogens is 1. The molecule has 0 atom stereocenters. The Labute approximate surface area is 151 Å². The Balaban J connectivity index is 1.54. The number of likely N-dealkylation sites (tertiary alicyclic amines) is 1. The second-order valence-corrected chi connectivity index (χ2v) is 6.48. The predicted octanol–water partition coefficient (Wildman–Crippen LogP) is 2.97. The number of amides is 1. The lowest BCUT2D eigenvalue weighted by molar-refractivity contribution is -0.115. The summed E-state index contributed by atoms with van der Waals surface area (Å²) < 4.78 is 0. The van der Waals surface area contributed by atoms with Crippen molar-refractivity contribution in [2.75, 3.05) is 18.4 Å². The Morgan fingerprint density at radius 3 is 2.64 bits per heavy atom. The summed E-state index contributed by atoms with van der Waals surface area (Å²) in [5.41, 5.74) is 1.88. The lowest BCUT2D eigenvalue weighted by Gasteiger charge is -2.27. The molecule has 3 rings (SSSR count).